The molecular weight excluding hydrogens is 401 g/mol. The molecule has 4 rings (SSSR count). The lowest BCUT2D eigenvalue weighted by Gasteiger charge is -2.12. The molecule has 0 fully saturated rings. The number of halogens is 1. The lowest BCUT2D eigenvalue weighted by atomic mass is 9.96. The average Bonchev–Trinajstić information content (AvgIpc) is 3.31. The first-order valence-corrected chi connectivity index (χ1v) is 9.28. The molecule has 3 N–H and O–H groups in total. The number of nitrogens with zero attached hydrogens (tertiary/aromatic N) is 1. The van der Waals surface area contributed by atoms with Gasteiger partial charge in [0, 0.05) is 29.6 Å². The summed E-state index contributed by atoms with van der Waals surface area (Å²) in [4.78, 5) is 27.9. The van der Waals surface area contributed by atoms with Crippen molar-refractivity contribution in [1.29, 1.82) is 0 Å². The molecule has 3 aromatic carbocycles. The minimum absolute atomic E-state index is 0.178. The minimum Gasteiger partial charge on any atom is -0.496 e. The third-order valence-corrected chi connectivity index (χ3v) is 4.57. The number of carbonyl (C=O) groups is 2. The molecule has 0 radical (unpaired) electrons. The number of nitrogens with one attached hydrogen (secondary N) is 2. The molecule has 1 aromatic heterocycles. The van der Waals surface area contributed by atoms with Crippen LogP contribution < -0.4 is 10.1 Å². The third kappa shape index (κ3) is 5.05. The quantitative estimate of drug-likeness (QED) is 0.423. The predicted octanol–water partition coefficient (Wildman–Crippen LogP) is 4.01. The maximum Gasteiger partial charge on any atom is 0.290 e. The lowest BCUT2D eigenvalue weighted by molar-refractivity contribution is -0.122. The molecule has 0 saturated carbocycles. The van der Waals surface area contributed by atoms with Gasteiger partial charge in [0.05, 0.1) is 13.7 Å². The Morgan fingerprint density at radius 1 is 1.19 bits per heavy atom. The van der Waals surface area contributed by atoms with Gasteiger partial charge in [-0.05, 0) is 40.6 Å². The van der Waals surface area contributed by atoms with Gasteiger partial charge in [0.15, 0.2) is 0 Å². The molecule has 0 bridgehead atoms. The second-order valence-corrected chi connectivity index (χ2v) is 6.41. The van der Waals surface area contributed by atoms with Crippen LogP contribution in [0.5, 0.6) is 5.75 Å². The highest BCUT2D eigenvalue weighted by Gasteiger charge is 2.12. The van der Waals surface area contributed by atoms with Crippen LogP contribution >= 0.6 is 0 Å². The Labute approximate surface area is 177 Å². The van der Waals surface area contributed by atoms with E-state index in [-0.39, 0.29) is 18.2 Å². The fourth-order valence-corrected chi connectivity index (χ4v) is 3.21. The second kappa shape index (κ2) is 10.0. The highest BCUT2D eigenvalue weighted by Crippen LogP contribution is 2.35. The first kappa shape index (κ1) is 21.5. The number of methoxy groups -OCH3 is 1. The van der Waals surface area contributed by atoms with Crippen molar-refractivity contribution >= 4 is 23.2 Å². The van der Waals surface area contributed by atoms with E-state index in [1.54, 1.807) is 24.5 Å². The van der Waals surface area contributed by atoms with E-state index < -0.39 is 0 Å². The van der Waals surface area contributed by atoms with Gasteiger partial charge in [0.25, 0.3) is 12.4 Å². The molecule has 8 heteroatoms. The second-order valence-electron chi connectivity index (χ2n) is 6.41. The van der Waals surface area contributed by atoms with E-state index in [2.05, 4.69) is 15.3 Å². The summed E-state index contributed by atoms with van der Waals surface area (Å²) in [6.07, 6.45) is 3.35. The molecule has 1 heterocycles. The molecule has 1 amide bonds. The fourth-order valence-electron chi connectivity index (χ4n) is 3.21. The van der Waals surface area contributed by atoms with E-state index >= 15 is 0 Å². The number of aromatic nitrogens is 2. The van der Waals surface area contributed by atoms with E-state index in [1.807, 2.05) is 30.3 Å². The number of carboxylic acid groups (broad SMARTS) is 1. The van der Waals surface area contributed by atoms with Gasteiger partial charge < -0.3 is 20.1 Å². The summed E-state index contributed by atoms with van der Waals surface area (Å²) in [6, 6.07) is 15.8. The normalized spacial score (nSPS) is 10.1. The average molecular weight is 421 g/mol. The standard InChI is InChI=1S/C22H18FN3O2.CH2O2/c1-28-20-12-16(23)6-8-19(20)18-4-2-3-14-11-15(5-7-17(14)18)22(27)26-13-21-24-9-10-25-21;2-1-3/h2-12H,13H2,1H3,(H,24,25)(H,26,27);1H,(H,2,3). The number of carbonyl (C=O) groups excluding carboxylic acids is 1. The number of hydrogen-bond donors (Lipinski definition) is 3. The molecular formula is C23H20FN3O4. The third-order valence-electron chi connectivity index (χ3n) is 4.57. The summed E-state index contributed by atoms with van der Waals surface area (Å²) in [5.41, 5.74) is 2.27. The molecule has 158 valence electrons. The molecule has 0 aliphatic heterocycles. The maximum absolute atomic E-state index is 13.5. The van der Waals surface area contributed by atoms with Crippen molar-refractivity contribution in [2.24, 2.45) is 0 Å². The number of benzene rings is 3. The van der Waals surface area contributed by atoms with Gasteiger partial charge in [-0.3, -0.25) is 9.59 Å². The molecule has 0 atom stereocenters. The summed E-state index contributed by atoms with van der Waals surface area (Å²) >= 11 is 0. The summed E-state index contributed by atoms with van der Waals surface area (Å²) in [7, 11) is 1.52. The summed E-state index contributed by atoms with van der Waals surface area (Å²) < 4.78 is 18.9. The zero-order valence-corrected chi connectivity index (χ0v) is 16.6. The first-order chi connectivity index (χ1) is 15.1. The van der Waals surface area contributed by atoms with Crippen LogP contribution in [0, 0.1) is 5.82 Å². The predicted molar refractivity (Wildman–Crippen MR) is 114 cm³/mol. The Bertz CT molecular complexity index is 1190. The highest BCUT2D eigenvalue weighted by atomic mass is 19.1. The van der Waals surface area contributed by atoms with Crippen LogP contribution in [-0.2, 0) is 11.3 Å². The zero-order chi connectivity index (χ0) is 22.2. The van der Waals surface area contributed by atoms with E-state index in [0.717, 1.165) is 21.9 Å². The molecule has 0 aliphatic carbocycles. The van der Waals surface area contributed by atoms with Crippen LogP contribution in [0.3, 0.4) is 0 Å². The van der Waals surface area contributed by atoms with Gasteiger partial charge in [0.1, 0.15) is 17.4 Å². The Kier molecular flexibility index (Phi) is 6.95. The SMILES string of the molecule is COc1cc(F)ccc1-c1cccc2cc(C(=O)NCc3ncc[nH]3)ccc12.O=CO. The van der Waals surface area contributed by atoms with Crippen molar-refractivity contribution in [2.75, 3.05) is 7.11 Å². The van der Waals surface area contributed by atoms with Crippen LogP contribution in [0.25, 0.3) is 21.9 Å². The van der Waals surface area contributed by atoms with Gasteiger partial charge in [-0.1, -0.05) is 24.3 Å². The number of fused-ring (bicyclic) bond motifs is 1. The van der Waals surface area contributed by atoms with Crippen molar-refractivity contribution in [1.82, 2.24) is 15.3 Å². The molecule has 0 aliphatic rings. The van der Waals surface area contributed by atoms with Crippen LogP contribution in [0.1, 0.15) is 16.2 Å². The van der Waals surface area contributed by atoms with Gasteiger partial charge in [-0.25, -0.2) is 9.37 Å². The van der Waals surface area contributed by atoms with Crippen molar-refractivity contribution in [2.45, 2.75) is 6.54 Å². The number of ether oxygens (including phenoxy) is 1. The van der Waals surface area contributed by atoms with Crippen molar-refractivity contribution < 1.29 is 23.8 Å². The van der Waals surface area contributed by atoms with E-state index in [9.17, 15) is 9.18 Å². The van der Waals surface area contributed by atoms with Gasteiger partial charge >= 0.3 is 0 Å². The molecule has 7 nitrogen and oxygen atoms in total. The van der Waals surface area contributed by atoms with Gasteiger partial charge in [-0.2, -0.15) is 0 Å². The largest absolute Gasteiger partial charge is 0.496 e. The van der Waals surface area contributed by atoms with E-state index in [4.69, 9.17) is 14.6 Å². The monoisotopic (exact) mass is 421 g/mol. The number of H-pyrrole nitrogens is 1. The fraction of sp³-hybridized carbons (Fsp3) is 0.0870. The first-order valence-electron chi connectivity index (χ1n) is 9.28. The van der Waals surface area contributed by atoms with E-state index in [0.29, 0.717) is 23.7 Å². The summed E-state index contributed by atoms with van der Waals surface area (Å²) in [6.45, 7) is 0.0800. The number of imidazole rings is 1. The Balaban J connectivity index is 0.000000858. The summed E-state index contributed by atoms with van der Waals surface area (Å²) in [5, 5.41) is 11.6. The Hall–Kier alpha value is -4.20. The van der Waals surface area contributed by atoms with E-state index in [1.165, 1.54) is 19.2 Å². The zero-order valence-electron chi connectivity index (χ0n) is 16.6. The topological polar surface area (TPSA) is 104 Å². The Morgan fingerprint density at radius 3 is 2.71 bits per heavy atom. The molecule has 0 saturated heterocycles. The summed E-state index contributed by atoms with van der Waals surface area (Å²) in [5.74, 6) is 0.631. The smallest absolute Gasteiger partial charge is 0.290 e. The van der Waals surface area contributed by atoms with Crippen molar-refractivity contribution in [3.8, 4) is 16.9 Å². The van der Waals surface area contributed by atoms with Gasteiger partial charge in [0.2, 0.25) is 0 Å². The van der Waals surface area contributed by atoms with Crippen LogP contribution in [0.2, 0.25) is 0 Å². The van der Waals surface area contributed by atoms with Gasteiger partial charge in [-0.15, -0.1) is 0 Å². The molecule has 0 unspecified atom stereocenters. The number of amides is 1. The van der Waals surface area contributed by atoms with Crippen molar-refractivity contribution in [3.05, 3.63) is 84.2 Å². The molecule has 0 spiro atoms. The number of rotatable bonds is 5. The van der Waals surface area contributed by atoms with Crippen LogP contribution in [0.4, 0.5) is 4.39 Å². The van der Waals surface area contributed by atoms with Crippen LogP contribution in [0.15, 0.2) is 67.0 Å². The molecule has 4 aromatic rings. The Morgan fingerprint density at radius 2 is 2.00 bits per heavy atom. The lowest BCUT2D eigenvalue weighted by Crippen LogP contribution is -2.23. The molecule has 31 heavy (non-hydrogen) atoms. The highest BCUT2D eigenvalue weighted by molar-refractivity contribution is 6.03. The maximum atomic E-state index is 13.5. The van der Waals surface area contributed by atoms with Crippen LogP contribution in [-0.4, -0.2) is 34.6 Å². The number of hydrogen-bond acceptors (Lipinski definition) is 4. The van der Waals surface area contributed by atoms with Crippen molar-refractivity contribution in [3.63, 3.8) is 0 Å². The minimum atomic E-state index is -0.351. The number of aromatic amines is 1.